The first-order chi connectivity index (χ1) is 18.5. The molecule has 202 valence electrons. The van der Waals surface area contributed by atoms with Gasteiger partial charge in [0.05, 0.1) is 21.7 Å². The van der Waals surface area contributed by atoms with E-state index in [0.717, 1.165) is 40.7 Å². The summed E-state index contributed by atoms with van der Waals surface area (Å²) in [5.74, 6) is -1.02. The van der Waals surface area contributed by atoms with Gasteiger partial charge >= 0.3 is 6.18 Å². The number of nitrogens with one attached hydrogen (secondary N) is 1. The predicted molar refractivity (Wildman–Crippen MR) is 137 cm³/mol. The topological polar surface area (TPSA) is 82.6 Å². The Morgan fingerprint density at radius 3 is 2.36 bits per heavy atom. The number of carbonyl (C=O) groups excluding carboxylic acids is 1. The quantitative estimate of drug-likeness (QED) is 0.266. The third-order valence-electron chi connectivity index (χ3n) is 6.46. The molecule has 39 heavy (non-hydrogen) atoms. The molecule has 0 spiro atoms. The van der Waals surface area contributed by atoms with Gasteiger partial charge in [0, 0.05) is 36.8 Å². The molecule has 5 rings (SSSR count). The second-order valence-corrected chi connectivity index (χ2v) is 10.9. The van der Waals surface area contributed by atoms with E-state index in [1.165, 1.54) is 12.3 Å². The van der Waals surface area contributed by atoms with Crippen LogP contribution in [-0.4, -0.2) is 54.2 Å². The minimum atomic E-state index is -4.52. The molecule has 12 heteroatoms. The number of ketones is 1. The second kappa shape index (κ2) is 10.4. The number of hydrazine groups is 1. The molecule has 0 saturated carbocycles. The van der Waals surface area contributed by atoms with Gasteiger partial charge in [0.25, 0.3) is 0 Å². The van der Waals surface area contributed by atoms with E-state index in [1.54, 1.807) is 41.4 Å². The summed E-state index contributed by atoms with van der Waals surface area (Å²) in [5.41, 5.74) is 3.20. The average molecular weight is 559 g/mol. The van der Waals surface area contributed by atoms with Crippen LogP contribution in [0.15, 0.2) is 90.0 Å². The molecule has 3 aromatic carbocycles. The Balaban J connectivity index is 1.46. The Kier molecular flexibility index (Phi) is 7.10. The van der Waals surface area contributed by atoms with Crippen LogP contribution in [0.4, 0.5) is 23.2 Å². The van der Waals surface area contributed by atoms with Gasteiger partial charge in [0.15, 0.2) is 5.78 Å². The minimum absolute atomic E-state index is 0.0569. The molecule has 1 atom stereocenters. The molecule has 1 aromatic heterocycles. The van der Waals surface area contributed by atoms with E-state index in [0.29, 0.717) is 16.6 Å². The van der Waals surface area contributed by atoms with Gasteiger partial charge in [-0.3, -0.25) is 9.78 Å². The number of hydrogen-bond acceptors (Lipinski definition) is 6. The smallest absolute Gasteiger partial charge is 0.318 e. The fourth-order valence-electron chi connectivity index (χ4n) is 4.50. The Bertz CT molecular complexity index is 1610. The number of hydrogen-bond donors (Lipinski definition) is 1. The van der Waals surface area contributed by atoms with Crippen molar-refractivity contribution in [1.29, 1.82) is 0 Å². The molecular weight excluding hydrogens is 536 g/mol. The molecule has 0 bridgehead atoms. The number of carbonyl (C=O) groups is 1. The third-order valence-corrected chi connectivity index (χ3v) is 8.38. The van der Waals surface area contributed by atoms with E-state index in [9.17, 15) is 30.8 Å². The number of sulfonamides is 1. The highest BCUT2D eigenvalue weighted by Gasteiger charge is 2.40. The summed E-state index contributed by atoms with van der Waals surface area (Å²) >= 11 is 0. The number of halogens is 4. The van der Waals surface area contributed by atoms with Gasteiger partial charge in [-0.25, -0.2) is 17.8 Å². The maximum Gasteiger partial charge on any atom is 0.416 e. The van der Waals surface area contributed by atoms with Crippen molar-refractivity contribution in [2.45, 2.75) is 17.1 Å². The normalized spacial score (nSPS) is 17.3. The van der Waals surface area contributed by atoms with Gasteiger partial charge in [-0.15, -0.1) is 0 Å². The molecule has 1 fully saturated rings. The van der Waals surface area contributed by atoms with Crippen LogP contribution in [-0.2, 0) is 16.2 Å². The molecule has 0 aliphatic carbocycles. The minimum Gasteiger partial charge on any atom is -0.318 e. The summed E-state index contributed by atoms with van der Waals surface area (Å²) in [7, 11) is -4.16. The lowest BCUT2D eigenvalue weighted by Gasteiger charge is -2.40. The molecule has 1 saturated heterocycles. The van der Waals surface area contributed by atoms with Gasteiger partial charge in [0.1, 0.15) is 11.9 Å². The molecule has 0 amide bonds. The summed E-state index contributed by atoms with van der Waals surface area (Å²) in [4.78, 5) is 17.5. The fourth-order valence-corrected chi connectivity index (χ4v) is 6.07. The molecule has 2 heterocycles. The summed E-state index contributed by atoms with van der Waals surface area (Å²) in [5, 5.41) is 2.08. The van der Waals surface area contributed by atoms with Crippen molar-refractivity contribution in [2.75, 3.05) is 25.1 Å². The first kappa shape index (κ1) is 26.7. The predicted octanol–water partition coefficient (Wildman–Crippen LogP) is 4.98. The highest BCUT2D eigenvalue weighted by Crippen LogP contribution is 2.33. The Morgan fingerprint density at radius 1 is 0.949 bits per heavy atom. The van der Waals surface area contributed by atoms with Crippen LogP contribution in [0.1, 0.15) is 15.9 Å². The van der Waals surface area contributed by atoms with Crippen LogP contribution in [0.3, 0.4) is 0 Å². The van der Waals surface area contributed by atoms with Gasteiger partial charge < -0.3 is 5.43 Å². The number of anilines is 1. The molecular formula is C27H22F4N4O3S. The van der Waals surface area contributed by atoms with E-state index >= 15 is 0 Å². The zero-order valence-corrected chi connectivity index (χ0v) is 21.1. The van der Waals surface area contributed by atoms with Crippen LogP contribution < -0.4 is 5.43 Å². The number of fused-ring (bicyclic) bond motifs is 1. The molecule has 0 radical (unpaired) electrons. The van der Waals surface area contributed by atoms with E-state index in [4.69, 9.17) is 0 Å². The number of rotatable bonds is 6. The van der Waals surface area contributed by atoms with Crippen LogP contribution in [0.5, 0.6) is 0 Å². The van der Waals surface area contributed by atoms with Gasteiger partial charge in [0.2, 0.25) is 10.0 Å². The fraction of sp³-hybridized carbons (Fsp3) is 0.185. The highest BCUT2D eigenvalue weighted by atomic mass is 32.2. The van der Waals surface area contributed by atoms with Gasteiger partial charge in [-0.1, -0.05) is 36.4 Å². The van der Waals surface area contributed by atoms with Crippen LogP contribution in [0.2, 0.25) is 0 Å². The summed E-state index contributed by atoms with van der Waals surface area (Å²) in [6, 6.07) is 16.3. The molecule has 7 nitrogen and oxygen atoms in total. The standard InChI is InChI=1S/C27H22F4N4O3S/c28-20-7-9-21(10-8-20)39(37,38)35-15-14-34(17-25(35)26(36)18-4-2-1-3-5-18)33-23-12-13-32-24-16-19(27(29,30)31)6-11-22(23)24/h1-13,16,25H,14-15,17H2,(H,32,33). The second-order valence-electron chi connectivity index (χ2n) is 8.96. The van der Waals surface area contributed by atoms with E-state index in [-0.39, 0.29) is 30.0 Å². The van der Waals surface area contributed by atoms with Crippen LogP contribution in [0.25, 0.3) is 10.9 Å². The van der Waals surface area contributed by atoms with Crippen LogP contribution >= 0.6 is 0 Å². The van der Waals surface area contributed by atoms with Gasteiger partial charge in [-0.05, 0) is 42.5 Å². The first-order valence-corrected chi connectivity index (χ1v) is 13.3. The van der Waals surface area contributed by atoms with Crippen molar-refractivity contribution in [3.63, 3.8) is 0 Å². The molecule has 1 unspecified atom stereocenters. The number of alkyl halides is 3. The number of Topliss-reactive ketones (excluding diaryl/α,β-unsaturated/α-hetero) is 1. The highest BCUT2D eigenvalue weighted by molar-refractivity contribution is 7.89. The lowest BCUT2D eigenvalue weighted by Crippen LogP contribution is -2.59. The summed E-state index contributed by atoms with van der Waals surface area (Å²) in [6.45, 7) is 0.0270. The SMILES string of the molecule is O=C(c1ccccc1)C1CN(Nc2ccnc3cc(C(F)(F)F)ccc23)CCN1S(=O)(=O)c1ccc(F)cc1. The number of nitrogens with zero attached hydrogens (tertiary/aromatic N) is 3. The number of pyridine rings is 1. The molecule has 1 aliphatic heterocycles. The summed E-state index contributed by atoms with van der Waals surface area (Å²) in [6.07, 6.45) is -3.15. The van der Waals surface area contributed by atoms with E-state index < -0.39 is 39.4 Å². The van der Waals surface area contributed by atoms with Crippen molar-refractivity contribution in [3.8, 4) is 0 Å². The van der Waals surface area contributed by atoms with Crippen molar-refractivity contribution < 1.29 is 30.8 Å². The number of piperazine rings is 1. The zero-order chi connectivity index (χ0) is 27.8. The lowest BCUT2D eigenvalue weighted by molar-refractivity contribution is -0.137. The maximum atomic E-state index is 13.5. The van der Waals surface area contributed by atoms with Gasteiger partial charge in [-0.2, -0.15) is 17.5 Å². The Labute approximate surface area is 221 Å². The third kappa shape index (κ3) is 5.49. The van der Waals surface area contributed by atoms with Crippen molar-refractivity contribution in [1.82, 2.24) is 14.3 Å². The van der Waals surface area contributed by atoms with Crippen molar-refractivity contribution >= 4 is 32.4 Å². The zero-order valence-electron chi connectivity index (χ0n) is 20.3. The summed E-state index contributed by atoms with van der Waals surface area (Å²) < 4.78 is 81.1. The number of aromatic nitrogens is 1. The first-order valence-electron chi connectivity index (χ1n) is 11.9. The van der Waals surface area contributed by atoms with Crippen molar-refractivity contribution in [2.24, 2.45) is 0 Å². The monoisotopic (exact) mass is 558 g/mol. The lowest BCUT2D eigenvalue weighted by atomic mass is 10.0. The van der Waals surface area contributed by atoms with Crippen molar-refractivity contribution in [3.05, 3.63) is 102 Å². The maximum absolute atomic E-state index is 13.5. The molecule has 1 aliphatic rings. The molecule has 4 aromatic rings. The number of benzene rings is 3. The molecule has 1 N–H and O–H groups in total. The largest absolute Gasteiger partial charge is 0.416 e. The Hall–Kier alpha value is -3.87. The van der Waals surface area contributed by atoms with E-state index in [1.807, 2.05) is 0 Å². The van der Waals surface area contributed by atoms with Crippen LogP contribution in [0, 0.1) is 5.82 Å². The Morgan fingerprint density at radius 2 is 1.67 bits per heavy atom. The average Bonchev–Trinajstić information content (AvgIpc) is 2.92. The van der Waals surface area contributed by atoms with E-state index in [2.05, 4.69) is 10.4 Å².